The molecule has 2 aromatic heterocycles. The van der Waals surface area contributed by atoms with Crippen molar-refractivity contribution in [2.75, 3.05) is 19.6 Å². The molecule has 4 rings (SSSR count). The Balaban J connectivity index is 1.51. The van der Waals surface area contributed by atoms with E-state index in [0.29, 0.717) is 29.3 Å². The molecule has 0 bridgehead atoms. The van der Waals surface area contributed by atoms with Crippen LogP contribution in [0.5, 0.6) is 0 Å². The number of benzene rings is 1. The molecule has 0 spiro atoms. The average Bonchev–Trinajstić information content (AvgIpc) is 3.08. The molecule has 1 aliphatic rings. The lowest BCUT2D eigenvalue weighted by Gasteiger charge is -2.35. The van der Waals surface area contributed by atoms with Crippen LogP contribution in [0.3, 0.4) is 0 Å². The summed E-state index contributed by atoms with van der Waals surface area (Å²) in [6.45, 7) is 5.60. The van der Waals surface area contributed by atoms with Gasteiger partial charge in [0.15, 0.2) is 0 Å². The monoisotopic (exact) mass is 477 g/mol. The summed E-state index contributed by atoms with van der Waals surface area (Å²) in [7, 11) is 0. The van der Waals surface area contributed by atoms with Crippen LogP contribution in [-0.2, 0) is 6.18 Å². The largest absolute Gasteiger partial charge is 0.417 e. The molecule has 3 N–H and O–H groups in total. The molecule has 34 heavy (non-hydrogen) atoms. The SMILES string of the molecule is CC(C)(O)CN1CCC(NC(=O)c2ccc3[nH]c(=O)n(-c4ccc(C(F)(F)F)cn4)c3c2)CC1. The Bertz CT molecular complexity index is 1230. The molecule has 0 atom stereocenters. The highest BCUT2D eigenvalue weighted by molar-refractivity contribution is 5.97. The minimum Gasteiger partial charge on any atom is -0.389 e. The number of fused-ring (bicyclic) bond motifs is 1. The predicted molar refractivity (Wildman–Crippen MR) is 120 cm³/mol. The first-order chi connectivity index (χ1) is 15.9. The number of β-amino-alcohol motifs (C(OH)–C–C–N with tert-alkyl or cyclic N) is 1. The van der Waals surface area contributed by atoms with Crippen molar-refractivity contribution in [1.29, 1.82) is 0 Å². The number of likely N-dealkylation sites (tertiary alicyclic amines) is 1. The predicted octanol–water partition coefficient (Wildman–Crippen LogP) is 2.70. The third kappa shape index (κ3) is 5.31. The van der Waals surface area contributed by atoms with Gasteiger partial charge in [0, 0.05) is 37.4 Å². The Morgan fingerprint density at radius 3 is 2.50 bits per heavy atom. The van der Waals surface area contributed by atoms with E-state index in [1.807, 2.05) is 0 Å². The van der Waals surface area contributed by atoms with Crippen molar-refractivity contribution in [2.45, 2.75) is 44.5 Å². The van der Waals surface area contributed by atoms with Gasteiger partial charge in [-0.3, -0.25) is 4.79 Å². The van der Waals surface area contributed by atoms with Gasteiger partial charge in [-0.15, -0.1) is 0 Å². The highest BCUT2D eigenvalue weighted by Gasteiger charge is 2.31. The van der Waals surface area contributed by atoms with Crippen LogP contribution in [0, 0.1) is 0 Å². The number of aliphatic hydroxyl groups is 1. The smallest absolute Gasteiger partial charge is 0.389 e. The van der Waals surface area contributed by atoms with Crippen molar-refractivity contribution in [1.82, 2.24) is 24.8 Å². The summed E-state index contributed by atoms with van der Waals surface area (Å²) in [5, 5.41) is 13.0. The molecule has 0 saturated carbocycles. The summed E-state index contributed by atoms with van der Waals surface area (Å²) in [5.74, 6) is -0.288. The minimum atomic E-state index is -4.54. The number of H-pyrrole nitrogens is 1. The Morgan fingerprint density at radius 1 is 1.21 bits per heavy atom. The molecule has 0 radical (unpaired) electrons. The lowest BCUT2D eigenvalue weighted by Crippen LogP contribution is -2.48. The number of hydrogen-bond donors (Lipinski definition) is 3. The number of piperidine rings is 1. The lowest BCUT2D eigenvalue weighted by molar-refractivity contribution is -0.137. The first kappa shape index (κ1) is 24.0. The standard InChI is InChI=1S/C23H26F3N5O3/c1-22(2,34)13-30-9-7-16(8-10-30)28-20(32)14-3-5-17-18(11-14)31(21(33)29-17)19-6-4-15(12-27-19)23(24,25)26/h3-6,11-12,16,34H,7-10,13H2,1-2H3,(H,28,32)(H,29,33). The van der Waals surface area contributed by atoms with Crippen LogP contribution < -0.4 is 11.0 Å². The Labute approximate surface area is 193 Å². The number of imidazole rings is 1. The molecular weight excluding hydrogens is 451 g/mol. The molecule has 3 aromatic rings. The van der Waals surface area contributed by atoms with Crippen molar-refractivity contribution in [3.8, 4) is 5.82 Å². The average molecular weight is 477 g/mol. The summed E-state index contributed by atoms with van der Waals surface area (Å²) in [4.78, 5) is 33.9. The van der Waals surface area contributed by atoms with Gasteiger partial charge in [0.25, 0.3) is 5.91 Å². The number of aromatic amines is 1. The summed E-state index contributed by atoms with van der Waals surface area (Å²) in [6, 6.07) is 6.64. The zero-order chi connectivity index (χ0) is 24.7. The second-order valence-electron chi connectivity index (χ2n) is 9.24. The van der Waals surface area contributed by atoms with E-state index < -0.39 is 23.0 Å². The number of rotatable bonds is 5. The first-order valence-corrected chi connectivity index (χ1v) is 10.9. The van der Waals surface area contributed by atoms with E-state index in [1.54, 1.807) is 26.0 Å². The molecule has 11 heteroatoms. The first-order valence-electron chi connectivity index (χ1n) is 10.9. The third-order valence-electron chi connectivity index (χ3n) is 5.78. The molecular formula is C23H26F3N5O3. The number of carbonyl (C=O) groups excluding carboxylic acids is 1. The summed E-state index contributed by atoms with van der Waals surface area (Å²) in [5.41, 5.74) is -1.17. The Kier molecular flexibility index (Phi) is 6.26. The fraction of sp³-hybridized carbons (Fsp3) is 0.435. The number of alkyl halides is 3. The van der Waals surface area contributed by atoms with Gasteiger partial charge in [-0.25, -0.2) is 14.3 Å². The van der Waals surface area contributed by atoms with Crippen molar-refractivity contribution in [2.24, 2.45) is 0 Å². The van der Waals surface area contributed by atoms with Crippen molar-refractivity contribution in [3.05, 3.63) is 58.1 Å². The molecule has 3 heterocycles. The maximum atomic E-state index is 12.9. The van der Waals surface area contributed by atoms with Crippen LogP contribution in [0.2, 0.25) is 0 Å². The molecule has 1 fully saturated rings. The van der Waals surface area contributed by atoms with Crippen LogP contribution in [-0.4, -0.2) is 61.7 Å². The van der Waals surface area contributed by atoms with Gasteiger partial charge in [0.1, 0.15) is 5.82 Å². The van der Waals surface area contributed by atoms with Crippen LogP contribution >= 0.6 is 0 Å². The number of amides is 1. The Hall–Kier alpha value is -3.18. The number of halogens is 3. The maximum Gasteiger partial charge on any atom is 0.417 e. The second-order valence-corrected chi connectivity index (χ2v) is 9.24. The number of aromatic nitrogens is 3. The van der Waals surface area contributed by atoms with Crippen molar-refractivity contribution >= 4 is 16.9 Å². The molecule has 8 nitrogen and oxygen atoms in total. The van der Waals surface area contributed by atoms with Gasteiger partial charge in [0.05, 0.1) is 22.2 Å². The van der Waals surface area contributed by atoms with E-state index in [4.69, 9.17) is 0 Å². The Morgan fingerprint density at radius 2 is 1.91 bits per heavy atom. The van der Waals surface area contributed by atoms with E-state index in [-0.39, 0.29) is 17.8 Å². The van der Waals surface area contributed by atoms with Gasteiger partial charge in [0.2, 0.25) is 0 Å². The summed E-state index contributed by atoms with van der Waals surface area (Å²) >= 11 is 0. The van der Waals surface area contributed by atoms with Crippen molar-refractivity contribution < 1.29 is 23.1 Å². The van der Waals surface area contributed by atoms with E-state index in [2.05, 4.69) is 20.2 Å². The summed E-state index contributed by atoms with van der Waals surface area (Å²) < 4.78 is 39.7. The quantitative estimate of drug-likeness (QED) is 0.524. The van der Waals surface area contributed by atoms with Gasteiger partial charge < -0.3 is 20.3 Å². The number of nitrogens with zero attached hydrogens (tertiary/aromatic N) is 3. The maximum absolute atomic E-state index is 12.9. The molecule has 182 valence electrons. The summed E-state index contributed by atoms with van der Waals surface area (Å²) in [6.07, 6.45) is -2.38. The minimum absolute atomic E-state index is 0.0148. The zero-order valence-electron chi connectivity index (χ0n) is 18.8. The lowest BCUT2D eigenvalue weighted by atomic mass is 10.0. The fourth-order valence-corrected chi connectivity index (χ4v) is 4.21. The number of carbonyl (C=O) groups is 1. The van der Waals surface area contributed by atoms with Crippen LogP contribution in [0.25, 0.3) is 16.9 Å². The van der Waals surface area contributed by atoms with Gasteiger partial charge in [-0.05, 0) is 57.0 Å². The van der Waals surface area contributed by atoms with Gasteiger partial charge >= 0.3 is 11.9 Å². The van der Waals surface area contributed by atoms with Crippen LogP contribution in [0.1, 0.15) is 42.6 Å². The number of hydrogen-bond acceptors (Lipinski definition) is 5. The van der Waals surface area contributed by atoms with E-state index in [1.165, 1.54) is 6.07 Å². The second kappa shape index (κ2) is 8.88. The molecule has 1 aliphatic heterocycles. The van der Waals surface area contributed by atoms with Crippen LogP contribution in [0.4, 0.5) is 13.2 Å². The van der Waals surface area contributed by atoms with Gasteiger partial charge in [-0.2, -0.15) is 13.2 Å². The molecule has 1 saturated heterocycles. The van der Waals surface area contributed by atoms with Crippen LogP contribution in [0.15, 0.2) is 41.3 Å². The number of pyridine rings is 1. The van der Waals surface area contributed by atoms with E-state index in [0.717, 1.165) is 42.6 Å². The normalized spacial score (nSPS) is 16.2. The topological polar surface area (TPSA) is 103 Å². The zero-order valence-corrected chi connectivity index (χ0v) is 18.8. The molecule has 1 aromatic carbocycles. The highest BCUT2D eigenvalue weighted by Crippen LogP contribution is 2.29. The van der Waals surface area contributed by atoms with Gasteiger partial charge in [-0.1, -0.05) is 0 Å². The molecule has 0 aliphatic carbocycles. The van der Waals surface area contributed by atoms with E-state index >= 15 is 0 Å². The van der Waals surface area contributed by atoms with E-state index in [9.17, 15) is 27.9 Å². The fourth-order valence-electron chi connectivity index (χ4n) is 4.21. The number of nitrogens with one attached hydrogen (secondary N) is 2. The third-order valence-corrected chi connectivity index (χ3v) is 5.78. The highest BCUT2D eigenvalue weighted by atomic mass is 19.4. The molecule has 0 unspecified atom stereocenters. The molecule has 1 amide bonds. The van der Waals surface area contributed by atoms with Crippen molar-refractivity contribution in [3.63, 3.8) is 0 Å².